The topological polar surface area (TPSA) is 48.7 Å². The maximum atomic E-state index is 14.0. The Hall–Kier alpha value is -3.12. The molecule has 5 nitrogen and oxygen atoms in total. The van der Waals surface area contributed by atoms with E-state index in [-0.39, 0.29) is 11.7 Å². The molecule has 1 aromatic heterocycles. The quantitative estimate of drug-likeness (QED) is 0.694. The molecular weight excluding hydrogens is 369 g/mol. The van der Waals surface area contributed by atoms with Crippen LogP contribution in [-0.4, -0.2) is 37.0 Å². The van der Waals surface area contributed by atoms with E-state index >= 15 is 0 Å². The van der Waals surface area contributed by atoms with Gasteiger partial charge in [0.05, 0.1) is 18.5 Å². The summed E-state index contributed by atoms with van der Waals surface area (Å²) in [4.78, 5) is 16.8. The van der Waals surface area contributed by atoms with Crippen LogP contribution in [0.3, 0.4) is 0 Å². The smallest absolute Gasteiger partial charge is 0.251 e. The first kappa shape index (κ1) is 19.2. The predicted molar refractivity (Wildman–Crippen MR) is 110 cm³/mol. The fraction of sp³-hybridized carbons (Fsp3) is 0.261. The van der Waals surface area contributed by atoms with Gasteiger partial charge in [0.15, 0.2) is 0 Å². The molecule has 1 amide bonds. The molecule has 29 heavy (non-hydrogen) atoms. The Balaban J connectivity index is 1.31. The number of amides is 1. The highest BCUT2D eigenvalue weighted by Gasteiger charge is 2.19. The Labute approximate surface area is 169 Å². The predicted octanol–water partition coefficient (Wildman–Crippen LogP) is 3.67. The SMILES string of the molecule is O=C(NCc1ccco1)c1cccc(CN2CCN(c3ccccc3F)CC2)c1. The standard InChI is InChI=1S/C23H24FN3O2/c24-21-8-1-2-9-22(21)27-12-10-26(11-13-27)17-18-5-3-6-19(15-18)23(28)25-16-20-7-4-14-29-20/h1-9,14-15H,10-13,16-17H2,(H,25,28). The van der Waals surface area contributed by atoms with Crippen molar-refractivity contribution in [3.63, 3.8) is 0 Å². The van der Waals surface area contributed by atoms with E-state index in [1.54, 1.807) is 18.4 Å². The molecule has 0 unspecified atom stereocenters. The van der Waals surface area contributed by atoms with Crippen LogP contribution in [-0.2, 0) is 13.1 Å². The van der Waals surface area contributed by atoms with E-state index in [2.05, 4.69) is 15.1 Å². The molecule has 4 rings (SSSR count). The van der Waals surface area contributed by atoms with Crippen LogP contribution in [0.4, 0.5) is 10.1 Å². The summed E-state index contributed by atoms with van der Waals surface area (Å²) in [6, 6.07) is 18.2. The number of nitrogens with one attached hydrogen (secondary N) is 1. The van der Waals surface area contributed by atoms with Gasteiger partial charge in [-0.2, -0.15) is 0 Å². The third-order valence-electron chi connectivity index (χ3n) is 5.16. The Morgan fingerprint density at radius 1 is 1.00 bits per heavy atom. The lowest BCUT2D eigenvalue weighted by atomic mass is 10.1. The number of anilines is 1. The zero-order valence-corrected chi connectivity index (χ0v) is 16.2. The summed E-state index contributed by atoms with van der Waals surface area (Å²) in [6.07, 6.45) is 1.59. The van der Waals surface area contributed by atoms with Gasteiger partial charge >= 0.3 is 0 Å². The van der Waals surface area contributed by atoms with Gasteiger partial charge in [0.25, 0.3) is 5.91 Å². The lowest BCUT2D eigenvalue weighted by Crippen LogP contribution is -2.46. The molecule has 6 heteroatoms. The Kier molecular flexibility index (Phi) is 5.91. The maximum Gasteiger partial charge on any atom is 0.251 e. The van der Waals surface area contributed by atoms with E-state index in [9.17, 15) is 9.18 Å². The number of piperazine rings is 1. The fourth-order valence-corrected chi connectivity index (χ4v) is 3.61. The highest BCUT2D eigenvalue weighted by molar-refractivity contribution is 5.94. The van der Waals surface area contributed by atoms with Crippen molar-refractivity contribution in [3.8, 4) is 0 Å². The zero-order valence-electron chi connectivity index (χ0n) is 16.2. The first-order valence-corrected chi connectivity index (χ1v) is 9.80. The van der Waals surface area contributed by atoms with Crippen molar-refractivity contribution in [1.29, 1.82) is 0 Å². The van der Waals surface area contributed by atoms with Gasteiger partial charge in [-0.3, -0.25) is 9.69 Å². The number of halogens is 1. The van der Waals surface area contributed by atoms with E-state index < -0.39 is 0 Å². The third-order valence-corrected chi connectivity index (χ3v) is 5.16. The van der Waals surface area contributed by atoms with Gasteiger partial charge in [-0.25, -0.2) is 4.39 Å². The minimum atomic E-state index is -0.172. The lowest BCUT2D eigenvalue weighted by Gasteiger charge is -2.36. The van der Waals surface area contributed by atoms with E-state index in [1.807, 2.05) is 42.5 Å². The van der Waals surface area contributed by atoms with Crippen molar-refractivity contribution < 1.29 is 13.6 Å². The molecule has 2 heterocycles. The minimum absolute atomic E-state index is 0.118. The normalized spacial score (nSPS) is 14.7. The highest BCUT2D eigenvalue weighted by Crippen LogP contribution is 2.21. The summed E-state index contributed by atoms with van der Waals surface area (Å²) in [6.45, 7) is 4.40. The van der Waals surface area contributed by atoms with E-state index in [1.165, 1.54) is 6.07 Å². The summed E-state index contributed by atoms with van der Waals surface area (Å²) >= 11 is 0. The van der Waals surface area contributed by atoms with Crippen LogP contribution in [0.2, 0.25) is 0 Å². The minimum Gasteiger partial charge on any atom is -0.467 e. The Bertz CT molecular complexity index is 950. The van der Waals surface area contributed by atoms with E-state index in [0.29, 0.717) is 17.8 Å². The zero-order chi connectivity index (χ0) is 20.1. The molecule has 2 aromatic carbocycles. The van der Waals surface area contributed by atoms with Gasteiger partial charge < -0.3 is 14.6 Å². The molecule has 150 valence electrons. The summed E-state index contributed by atoms with van der Waals surface area (Å²) in [7, 11) is 0. The second-order valence-corrected chi connectivity index (χ2v) is 7.18. The van der Waals surface area contributed by atoms with Crippen LogP contribution in [0.1, 0.15) is 21.7 Å². The van der Waals surface area contributed by atoms with Crippen LogP contribution in [0.5, 0.6) is 0 Å². The summed E-state index contributed by atoms with van der Waals surface area (Å²) in [5.41, 5.74) is 2.40. The Morgan fingerprint density at radius 3 is 2.59 bits per heavy atom. The Morgan fingerprint density at radius 2 is 1.83 bits per heavy atom. The van der Waals surface area contributed by atoms with Crippen LogP contribution < -0.4 is 10.2 Å². The summed E-state index contributed by atoms with van der Waals surface area (Å²) < 4.78 is 19.2. The second-order valence-electron chi connectivity index (χ2n) is 7.18. The number of hydrogen-bond donors (Lipinski definition) is 1. The monoisotopic (exact) mass is 393 g/mol. The van der Waals surface area contributed by atoms with Crippen molar-refractivity contribution in [2.24, 2.45) is 0 Å². The summed E-state index contributed by atoms with van der Waals surface area (Å²) in [5, 5.41) is 2.87. The summed E-state index contributed by atoms with van der Waals surface area (Å²) in [5.74, 6) is 0.434. The number of nitrogens with zero attached hydrogens (tertiary/aromatic N) is 2. The first-order valence-electron chi connectivity index (χ1n) is 9.80. The van der Waals surface area contributed by atoms with Gasteiger partial charge in [0.1, 0.15) is 11.6 Å². The molecule has 1 saturated heterocycles. The third kappa shape index (κ3) is 4.84. The number of rotatable bonds is 6. The number of hydrogen-bond acceptors (Lipinski definition) is 4. The number of carbonyl (C=O) groups is 1. The molecule has 0 aliphatic carbocycles. The van der Waals surface area contributed by atoms with Gasteiger partial charge in [0.2, 0.25) is 0 Å². The number of para-hydroxylation sites is 1. The second kappa shape index (κ2) is 8.92. The average molecular weight is 393 g/mol. The van der Waals surface area contributed by atoms with Crippen LogP contribution in [0, 0.1) is 5.82 Å². The maximum absolute atomic E-state index is 14.0. The highest BCUT2D eigenvalue weighted by atomic mass is 19.1. The molecule has 3 aromatic rings. The average Bonchev–Trinajstić information content (AvgIpc) is 3.27. The van der Waals surface area contributed by atoms with Crippen molar-refractivity contribution in [2.75, 3.05) is 31.1 Å². The van der Waals surface area contributed by atoms with Crippen LogP contribution in [0.15, 0.2) is 71.3 Å². The molecule has 0 radical (unpaired) electrons. The molecular formula is C23H24FN3O2. The molecule has 1 aliphatic heterocycles. The van der Waals surface area contributed by atoms with E-state index in [4.69, 9.17) is 4.42 Å². The van der Waals surface area contributed by atoms with Gasteiger partial charge in [-0.15, -0.1) is 0 Å². The number of furan rings is 1. The molecule has 1 fully saturated rings. The number of carbonyl (C=O) groups excluding carboxylic acids is 1. The van der Waals surface area contributed by atoms with Crippen LogP contribution in [0.25, 0.3) is 0 Å². The lowest BCUT2D eigenvalue weighted by molar-refractivity contribution is 0.0948. The number of benzene rings is 2. The van der Waals surface area contributed by atoms with Crippen molar-refractivity contribution in [2.45, 2.75) is 13.1 Å². The largest absolute Gasteiger partial charge is 0.467 e. The van der Waals surface area contributed by atoms with Crippen molar-refractivity contribution in [3.05, 3.63) is 89.6 Å². The van der Waals surface area contributed by atoms with Crippen molar-refractivity contribution in [1.82, 2.24) is 10.2 Å². The van der Waals surface area contributed by atoms with Crippen LogP contribution >= 0.6 is 0 Å². The van der Waals surface area contributed by atoms with Gasteiger partial charge in [-0.05, 0) is 42.0 Å². The molecule has 0 atom stereocenters. The molecule has 1 N–H and O–H groups in total. The molecule has 0 bridgehead atoms. The van der Waals surface area contributed by atoms with Gasteiger partial charge in [-0.1, -0.05) is 24.3 Å². The van der Waals surface area contributed by atoms with Crippen molar-refractivity contribution >= 4 is 11.6 Å². The fourth-order valence-electron chi connectivity index (χ4n) is 3.61. The van der Waals surface area contributed by atoms with E-state index in [0.717, 1.165) is 44.0 Å². The first-order chi connectivity index (χ1) is 14.2. The molecule has 0 spiro atoms. The molecule has 0 saturated carbocycles. The molecule has 1 aliphatic rings. The van der Waals surface area contributed by atoms with Gasteiger partial charge in [0, 0.05) is 38.3 Å².